The smallest absolute Gasteiger partial charge is 0.307 e. The van der Waals surface area contributed by atoms with Gasteiger partial charge in [-0.2, -0.15) is 0 Å². The van der Waals surface area contributed by atoms with Crippen molar-refractivity contribution in [1.82, 2.24) is 0 Å². The molecule has 0 heterocycles. The zero-order valence-corrected chi connectivity index (χ0v) is 12.2. The summed E-state index contributed by atoms with van der Waals surface area (Å²) >= 11 is 0. The fraction of sp³-hybridized carbons (Fsp3) is 0.176. The summed E-state index contributed by atoms with van der Waals surface area (Å²) in [5.74, 6) is -0.607. The van der Waals surface area contributed by atoms with Crippen LogP contribution in [0.3, 0.4) is 0 Å². The number of para-hydroxylation sites is 1. The number of rotatable bonds is 6. The van der Waals surface area contributed by atoms with Crippen LogP contribution in [-0.2, 0) is 16.0 Å². The standard InChI is InChI=1S/C17H17NO4/c1-12-4-2-3-5-15(12)18-16(19)11-22-14-8-6-13(7-9-14)10-17(20)21/h2-9H,10-11H2,1H3,(H,18,19)(H,20,21). The first-order valence-corrected chi connectivity index (χ1v) is 6.83. The zero-order chi connectivity index (χ0) is 15.9. The molecular weight excluding hydrogens is 282 g/mol. The lowest BCUT2D eigenvalue weighted by atomic mass is 10.1. The molecule has 0 aromatic heterocycles. The van der Waals surface area contributed by atoms with Gasteiger partial charge in [-0.05, 0) is 36.2 Å². The van der Waals surface area contributed by atoms with Crippen LogP contribution in [0.15, 0.2) is 48.5 Å². The van der Waals surface area contributed by atoms with E-state index in [1.165, 1.54) is 0 Å². The maximum absolute atomic E-state index is 11.8. The Balaban J connectivity index is 1.86. The summed E-state index contributed by atoms with van der Waals surface area (Å²) in [6.07, 6.45) is -0.0337. The molecule has 114 valence electrons. The number of anilines is 1. The minimum atomic E-state index is -0.883. The molecule has 0 aliphatic rings. The van der Waals surface area contributed by atoms with E-state index in [-0.39, 0.29) is 18.9 Å². The molecule has 22 heavy (non-hydrogen) atoms. The summed E-state index contributed by atoms with van der Waals surface area (Å²) in [6.45, 7) is 1.81. The lowest BCUT2D eigenvalue weighted by Gasteiger charge is -2.09. The first kappa shape index (κ1) is 15.6. The number of amides is 1. The number of carbonyl (C=O) groups is 2. The highest BCUT2D eigenvalue weighted by atomic mass is 16.5. The highest BCUT2D eigenvalue weighted by Gasteiger charge is 2.06. The van der Waals surface area contributed by atoms with Gasteiger partial charge in [-0.1, -0.05) is 30.3 Å². The third kappa shape index (κ3) is 4.63. The molecule has 0 aliphatic carbocycles. The van der Waals surface area contributed by atoms with Crippen molar-refractivity contribution in [2.45, 2.75) is 13.3 Å². The van der Waals surface area contributed by atoms with Crippen LogP contribution < -0.4 is 10.1 Å². The van der Waals surface area contributed by atoms with Crippen molar-refractivity contribution in [2.24, 2.45) is 0 Å². The van der Waals surface area contributed by atoms with Crippen LogP contribution in [0.25, 0.3) is 0 Å². The second-order valence-electron chi connectivity index (χ2n) is 4.87. The van der Waals surface area contributed by atoms with E-state index in [2.05, 4.69) is 5.32 Å². The summed E-state index contributed by atoms with van der Waals surface area (Å²) in [5.41, 5.74) is 2.42. The number of ether oxygens (including phenoxy) is 1. The molecular formula is C17H17NO4. The molecule has 2 N–H and O–H groups in total. The molecule has 0 bridgehead atoms. The van der Waals surface area contributed by atoms with E-state index in [4.69, 9.17) is 9.84 Å². The number of carboxylic acids is 1. The molecule has 0 fully saturated rings. The minimum absolute atomic E-state index is 0.0337. The van der Waals surface area contributed by atoms with Crippen molar-refractivity contribution in [3.8, 4) is 5.75 Å². The summed E-state index contributed by atoms with van der Waals surface area (Å²) in [6, 6.07) is 14.1. The van der Waals surface area contributed by atoms with Gasteiger partial charge < -0.3 is 15.2 Å². The molecule has 0 saturated heterocycles. The van der Waals surface area contributed by atoms with Crippen molar-refractivity contribution in [2.75, 3.05) is 11.9 Å². The van der Waals surface area contributed by atoms with Gasteiger partial charge >= 0.3 is 5.97 Å². The average Bonchev–Trinajstić information content (AvgIpc) is 2.48. The molecule has 1 amide bonds. The first-order valence-electron chi connectivity index (χ1n) is 6.83. The van der Waals surface area contributed by atoms with Gasteiger partial charge in [0.05, 0.1) is 6.42 Å². The molecule has 5 heteroatoms. The Hall–Kier alpha value is -2.82. The summed E-state index contributed by atoms with van der Waals surface area (Å²) < 4.78 is 5.38. The van der Waals surface area contributed by atoms with Crippen LogP contribution >= 0.6 is 0 Å². The largest absolute Gasteiger partial charge is 0.484 e. The summed E-state index contributed by atoms with van der Waals surface area (Å²) in [5, 5.41) is 11.5. The summed E-state index contributed by atoms with van der Waals surface area (Å²) in [4.78, 5) is 22.4. The van der Waals surface area contributed by atoms with E-state index in [1.807, 2.05) is 31.2 Å². The Bertz CT molecular complexity index is 665. The zero-order valence-electron chi connectivity index (χ0n) is 12.2. The van der Waals surface area contributed by atoms with E-state index >= 15 is 0 Å². The number of aliphatic carboxylic acids is 1. The van der Waals surface area contributed by atoms with Crippen molar-refractivity contribution >= 4 is 17.6 Å². The molecule has 2 rings (SSSR count). The van der Waals surface area contributed by atoms with Crippen LogP contribution in [0.2, 0.25) is 0 Å². The Morgan fingerprint density at radius 1 is 1.09 bits per heavy atom. The van der Waals surface area contributed by atoms with Gasteiger partial charge in [-0.25, -0.2) is 0 Å². The molecule has 0 radical (unpaired) electrons. The SMILES string of the molecule is Cc1ccccc1NC(=O)COc1ccc(CC(=O)O)cc1. The number of carboxylic acid groups (broad SMARTS) is 1. The second-order valence-corrected chi connectivity index (χ2v) is 4.87. The summed E-state index contributed by atoms with van der Waals surface area (Å²) in [7, 11) is 0. The predicted octanol–water partition coefficient (Wildman–Crippen LogP) is 2.64. The van der Waals surface area contributed by atoms with Crippen molar-refractivity contribution in [1.29, 1.82) is 0 Å². The van der Waals surface area contributed by atoms with E-state index in [0.717, 1.165) is 11.3 Å². The fourth-order valence-corrected chi connectivity index (χ4v) is 1.93. The van der Waals surface area contributed by atoms with Crippen molar-refractivity contribution < 1.29 is 19.4 Å². The van der Waals surface area contributed by atoms with Crippen LogP contribution in [0.1, 0.15) is 11.1 Å². The fourth-order valence-electron chi connectivity index (χ4n) is 1.93. The number of benzene rings is 2. The number of aryl methyl sites for hydroxylation is 1. The number of hydrogen-bond donors (Lipinski definition) is 2. The normalized spacial score (nSPS) is 10.0. The highest BCUT2D eigenvalue weighted by molar-refractivity contribution is 5.92. The van der Waals surface area contributed by atoms with E-state index in [9.17, 15) is 9.59 Å². The molecule has 5 nitrogen and oxygen atoms in total. The third-order valence-corrected chi connectivity index (χ3v) is 3.07. The van der Waals surface area contributed by atoms with Gasteiger partial charge in [0.1, 0.15) is 5.75 Å². The lowest BCUT2D eigenvalue weighted by Crippen LogP contribution is -2.20. The molecule has 0 spiro atoms. The van der Waals surface area contributed by atoms with E-state index in [1.54, 1.807) is 24.3 Å². The van der Waals surface area contributed by atoms with Gasteiger partial charge in [0.2, 0.25) is 0 Å². The van der Waals surface area contributed by atoms with E-state index in [0.29, 0.717) is 11.3 Å². The topological polar surface area (TPSA) is 75.6 Å². The van der Waals surface area contributed by atoms with Gasteiger partial charge in [0.25, 0.3) is 5.91 Å². The minimum Gasteiger partial charge on any atom is -0.484 e. The monoisotopic (exact) mass is 299 g/mol. The molecule has 0 unspecified atom stereocenters. The Morgan fingerprint density at radius 2 is 1.77 bits per heavy atom. The molecule has 0 atom stereocenters. The maximum atomic E-state index is 11.8. The van der Waals surface area contributed by atoms with Crippen LogP contribution in [0, 0.1) is 6.92 Å². The Kier molecular flexibility index (Phi) is 5.14. The second kappa shape index (κ2) is 7.26. The van der Waals surface area contributed by atoms with Crippen LogP contribution in [-0.4, -0.2) is 23.6 Å². The molecule has 2 aromatic carbocycles. The molecule has 0 saturated carbocycles. The number of hydrogen-bond acceptors (Lipinski definition) is 3. The van der Waals surface area contributed by atoms with Crippen LogP contribution in [0.5, 0.6) is 5.75 Å². The predicted molar refractivity (Wildman–Crippen MR) is 83.1 cm³/mol. The first-order chi connectivity index (χ1) is 10.5. The number of nitrogens with one attached hydrogen (secondary N) is 1. The number of carbonyl (C=O) groups excluding carboxylic acids is 1. The van der Waals surface area contributed by atoms with E-state index < -0.39 is 5.97 Å². The maximum Gasteiger partial charge on any atom is 0.307 e. The Morgan fingerprint density at radius 3 is 2.41 bits per heavy atom. The van der Waals surface area contributed by atoms with Gasteiger partial charge in [-0.3, -0.25) is 9.59 Å². The molecule has 0 aliphatic heterocycles. The third-order valence-electron chi connectivity index (χ3n) is 3.07. The highest BCUT2D eigenvalue weighted by Crippen LogP contribution is 2.14. The lowest BCUT2D eigenvalue weighted by molar-refractivity contribution is -0.136. The van der Waals surface area contributed by atoms with Gasteiger partial charge in [0.15, 0.2) is 6.61 Å². The van der Waals surface area contributed by atoms with Crippen molar-refractivity contribution in [3.05, 3.63) is 59.7 Å². The molecule has 2 aromatic rings. The van der Waals surface area contributed by atoms with Crippen LogP contribution in [0.4, 0.5) is 5.69 Å². The Labute approximate surface area is 128 Å². The average molecular weight is 299 g/mol. The quantitative estimate of drug-likeness (QED) is 0.859. The van der Waals surface area contributed by atoms with Crippen molar-refractivity contribution in [3.63, 3.8) is 0 Å². The van der Waals surface area contributed by atoms with Gasteiger partial charge in [0, 0.05) is 5.69 Å². The van der Waals surface area contributed by atoms with Gasteiger partial charge in [-0.15, -0.1) is 0 Å².